The summed E-state index contributed by atoms with van der Waals surface area (Å²) < 4.78 is 5.32. The Balaban J connectivity index is 2.05. The summed E-state index contributed by atoms with van der Waals surface area (Å²) in [6.45, 7) is 7.99. The molecule has 0 aliphatic carbocycles. The third-order valence-corrected chi connectivity index (χ3v) is 5.10. The molecule has 1 aromatic carbocycles. The van der Waals surface area contributed by atoms with Crippen molar-refractivity contribution in [2.45, 2.75) is 33.6 Å². The fraction of sp³-hybridized carbons (Fsp3) is 0.600. The summed E-state index contributed by atoms with van der Waals surface area (Å²) >= 11 is 0. The van der Waals surface area contributed by atoms with E-state index >= 15 is 0 Å². The Bertz CT molecular complexity index is 638. The van der Waals surface area contributed by atoms with Crippen LogP contribution in [0.4, 0.5) is 5.69 Å². The van der Waals surface area contributed by atoms with Gasteiger partial charge >= 0.3 is 0 Å². The molecule has 26 heavy (non-hydrogen) atoms. The number of methoxy groups -OCH3 is 1. The van der Waals surface area contributed by atoms with Gasteiger partial charge in [0.1, 0.15) is 0 Å². The van der Waals surface area contributed by atoms with Crippen molar-refractivity contribution in [2.75, 3.05) is 45.7 Å². The van der Waals surface area contributed by atoms with Crippen LogP contribution in [-0.4, -0.2) is 57.1 Å². The number of hydrogen-bond donors (Lipinski definition) is 2. The molecule has 1 heterocycles. The van der Waals surface area contributed by atoms with Crippen LogP contribution >= 0.6 is 0 Å². The molecule has 2 rings (SSSR count). The summed E-state index contributed by atoms with van der Waals surface area (Å²) in [4.78, 5) is 27.1. The number of rotatable bonds is 6. The van der Waals surface area contributed by atoms with Crippen LogP contribution in [0.1, 0.15) is 29.5 Å². The van der Waals surface area contributed by atoms with Gasteiger partial charge in [-0.3, -0.25) is 9.59 Å². The lowest BCUT2D eigenvalue weighted by Gasteiger charge is -2.38. The van der Waals surface area contributed by atoms with E-state index in [0.717, 1.165) is 48.3 Å². The highest BCUT2D eigenvalue weighted by atomic mass is 16.5. The summed E-state index contributed by atoms with van der Waals surface area (Å²) in [5.74, 6) is -0.203. The molecule has 0 spiro atoms. The monoisotopic (exact) mass is 361 g/mol. The fourth-order valence-electron chi connectivity index (χ4n) is 3.85. The van der Waals surface area contributed by atoms with E-state index in [1.54, 1.807) is 14.2 Å². The third kappa shape index (κ3) is 4.62. The number of benzene rings is 1. The summed E-state index contributed by atoms with van der Waals surface area (Å²) in [6, 6.07) is 4.08. The first-order valence-electron chi connectivity index (χ1n) is 9.12. The van der Waals surface area contributed by atoms with Gasteiger partial charge in [0.15, 0.2) is 0 Å². The molecule has 6 heteroatoms. The van der Waals surface area contributed by atoms with E-state index in [4.69, 9.17) is 4.74 Å². The maximum atomic E-state index is 13.0. The maximum absolute atomic E-state index is 13.0. The number of carbonyl (C=O) groups excluding carboxylic acids is 2. The number of carbonyl (C=O) groups is 2. The zero-order valence-electron chi connectivity index (χ0n) is 16.6. The van der Waals surface area contributed by atoms with Crippen LogP contribution in [0.5, 0.6) is 0 Å². The molecule has 2 N–H and O–H groups in total. The Labute approximate surface area is 156 Å². The van der Waals surface area contributed by atoms with Gasteiger partial charge in [-0.2, -0.15) is 0 Å². The number of hydrogen-bond acceptors (Lipinski definition) is 4. The van der Waals surface area contributed by atoms with Gasteiger partial charge in [-0.05, 0) is 57.8 Å². The molecule has 0 unspecified atom stereocenters. The summed E-state index contributed by atoms with van der Waals surface area (Å²) in [5.41, 5.74) is 3.51. The highest BCUT2D eigenvalue weighted by Gasteiger charge is 2.41. The molecule has 1 aliphatic heterocycles. The molecular formula is C20H31N3O3. The molecule has 1 saturated heterocycles. The van der Waals surface area contributed by atoms with E-state index in [1.165, 1.54) is 4.90 Å². The number of aryl methyl sites for hydroxylation is 3. The molecule has 0 atom stereocenters. The molecule has 144 valence electrons. The molecular weight excluding hydrogens is 330 g/mol. The minimum Gasteiger partial charge on any atom is -0.384 e. The van der Waals surface area contributed by atoms with Gasteiger partial charge in [0.25, 0.3) is 0 Å². The average molecular weight is 361 g/mol. The zero-order chi connectivity index (χ0) is 19.3. The van der Waals surface area contributed by atoms with Crippen molar-refractivity contribution < 1.29 is 14.3 Å². The van der Waals surface area contributed by atoms with Crippen LogP contribution in [0.15, 0.2) is 12.1 Å². The predicted molar refractivity (Wildman–Crippen MR) is 103 cm³/mol. The van der Waals surface area contributed by atoms with Crippen LogP contribution in [0.2, 0.25) is 0 Å². The second-order valence-electron chi connectivity index (χ2n) is 7.45. The topological polar surface area (TPSA) is 70.7 Å². The van der Waals surface area contributed by atoms with Gasteiger partial charge in [0.2, 0.25) is 11.8 Å². The minimum absolute atomic E-state index is 0.0200. The van der Waals surface area contributed by atoms with Crippen LogP contribution in [-0.2, 0) is 14.3 Å². The second kappa shape index (κ2) is 8.64. The number of nitrogens with zero attached hydrogens (tertiary/aromatic N) is 1. The van der Waals surface area contributed by atoms with Gasteiger partial charge < -0.3 is 20.3 Å². The van der Waals surface area contributed by atoms with Gasteiger partial charge in [0.05, 0.1) is 18.6 Å². The Kier molecular flexibility index (Phi) is 6.78. The quantitative estimate of drug-likeness (QED) is 0.813. The Hall–Kier alpha value is -1.92. The number of piperidine rings is 1. The molecule has 0 aromatic heterocycles. The Morgan fingerprint density at radius 2 is 1.77 bits per heavy atom. The first kappa shape index (κ1) is 20.4. The standard InChI is InChI=1S/C20H31N3O3/c1-14-10-15(2)18(16(3)11-14)22-17(24)12-23(4)19(25)20(13-26-5)6-8-21-9-7-20/h10-11,21H,6-9,12-13H2,1-5H3,(H,22,24). The molecule has 0 radical (unpaired) electrons. The largest absolute Gasteiger partial charge is 0.384 e. The lowest BCUT2D eigenvalue weighted by molar-refractivity contribution is -0.147. The average Bonchev–Trinajstić information content (AvgIpc) is 2.58. The van der Waals surface area contributed by atoms with Gasteiger partial charge in [-0.15, -0.1) is 0 Å². The smallest absolute Gasteiger partial charge is 0.243 e. The molecule has 1 aliphatic rings. The first-order chi connectivity index (χ1) is 12.3. The number of nitrogens with one attached hydrogen (secondary N) is 2. The highest BCUT2D eigenvalue weighted by molar-refractivity contribution is 5.96. The minimum atomic E-state index is -0.537. The summed E-state index contributed by atoms with van der Waals surface area (Å²) in [6.07, 6.45) is 1.45. The van der Waals surface area contributed by atoms with Crippen molar-refractivity contribution in [1.29, 1.82) is 0 Å². The highest BCUT2D eigenvalue weighted by Crippen LogP contribution is 2.31. The third-order valence-electron chi connectivity index (χ3n) is 5.10. The summed E-state index contributed by atoms with van der Waals surface area (Å²) in [5, 5.41) is 6.24. The van der Waals surface area contributed by atoms with Crippen molar-refractivity contribution in [1.82, 2.24) is 10.2 Å². The van der Waals surface area contributed by atoms with Gasteiger partial charge in [-0.25, -0.2) is 0 Å². The second-order valence-corrected chi connectivity index (χ2v) is 7.45. The van der Waals surface area contributed by atoms with E-state index in [2.05, 4.69) is 10.6 Å². The number of likely N-dealkylation sites (N-methyl/N-ethyl adjacent to an activating group) is 1. The fourth-order valence-corrected chi connectivity index (χ4v) is 3.85. The number of ether oxygens (including phenoxy) is 1. The van der Waals surface area contributed by atoms with E-state index in [9.17, 15) is 9.59 Å². The Morgan fingerprint density at radius 1 is 1.19 bits per heavy atom. The number of anilines is 1. The molecule has 6 nitrogen and oxygen atoms in total. The van der Waals surface area contributed by atoms with E-state index in [-0.39, 0.29) is 18.4 Å². The van der Waals surface area contributed by atoms with Gasteiger partial charge in [-0.1, -0.05) is 17.7 Å². The van der Waals surface area contributed by atoms with Crippen LogP contribution in [0, 0.1) is 26.2 Å². The molecule has 1 aromatic rings. The predicted octanol–water partition coefficient (Wildman–Crippen LogP) is 2.02. The molecule has 2 amide bonds. The van der Waals surface area contributed by atoms with E-state index in [0.29, 0.717) is 6.61 Å². The van der Waals surface area contributed by atoms with Crippen LogP contribution < -0.4 is 10.6 Å². The lowest BCUT2D eigenvalue weighted by atomic mass is 9.78. The van der Waals surface area contributed by atoms with Crippen molar-refractivity contribution in [3.8, 4) is 0 Å². The molecule has 0 saturated carbocycles. The Morgan fingerprint density at radius 3 is 2.31 bits per heavy atom. The van der Waals surface area contributed by atoms with Crippen molar-refractivity contribution in [3.63, 3.8) is 0 Å². The normalized spacial score (nSPS) is 16.2. The number of amides is 2. The lowest BCUT2D eigenvalue weighted by Crippen LogP contribution is -2.51. The van der Waals surface area contributed by atoms with Crippen LogP contribution in [0.3, 0.4) is 0 Å². The van der Waals surface area contributed by atoms with Crippen LogP contribution in [0.25, 0.3) is 0 Å². The van der Waals surface area contributed by atoms with Crippen molar-refractivity contribution in [3.05, 3.63) is 28.8 Å². The summed E-state index contributed by atoms with van der Waals surface area (Å²) in [7, 11) is 3.31. The van der Waals surface area contributed by atoms with Crippen molar-refractivity contribution >= 4 is 17.5 Å². The first-order valence-corrected chi connectivity index (χ1v) is 9.12. The van der Waals surface area contributed by atoms with E-state index < -0.39 is 5.41 Å². The SMILES string of the molecule is COCC1(C(=O)N(C)CC(=O)Nc2c(C)cc(C)cc2C)CCNCC1. The zero-order valence-corrected chi connectivity index (χ0v) is 16.6. The molecule has 1 fully saturated rings. The molecule has 0 bridgehead atoms. The maximum Gasteiger partial charge on any atom is 0.243 e. The van der Waals surface area contributed by atoms with E-state index in [1.807, 2.05) is 32.9 Å². The van der Waals surface area contributed by atoms with Gasteiger partial charge in [0, 0.05) is 19.8 Å². The van der Waals surface area contributed by atoms with Crippen molar-refractivity contribution in [2.24, 2.45) is 5.41 Å².